The maximum atomic E-state index is 4.31. The third-order valence-corrected chi connectivity index (χ3v) is 2.89. The first-order valence-corrected chi connectivity index (χ1v) is 5.53. The van der Waals surface area contributed by atoms with Crippen molar-refractivity contribution in [2.45, 2.75) is 39.0 Å². The average molecular weight is 194 g/mol. The molecule has 0 atom stereocenters. The number of nitrogens with zero attached hydrogens (tertiary/aromatic N) is 2. The third kappa shape index (κ3) is 2.25. The van der Waals surface area contributed by atoms with Crippen LogP contribution in [0.5, 0.6) is 0 Å². The molecular formula is C10H18N4. The number of hydrogen-bond donors (Lipinski definition) is 2. The zero-order valence-electron chi connectivity index (χ0n) is 8.71. The molecule has 4 heteroatoms. The molecule has 0 unspecified atom stereocenters. The van der Waals surface area contributed by atoms with Gasteiger partial charge in [-0.05, 0) is 18.8 Å². The number of aryl methyl sites for hydroxylation is 1. The van der Waals surface area contributed by atoms with Gasteiger partial charge in [-0.3, -0.25) is 5.10 Å². The fraction of sp³-hybridized carbons (Fsp3) is 0.800. The number of hydrogen-bond acceptors (Lipinski definition) is 3. The Balaban J connectivity index is 1.79. The number of anilines is 1. The first-order chi connectivity index (χ1) is 6.88. The van der Waals surface area contributed by atoms with Crippen molar-refractivity contribution >= 4 is 5.95 Å². The van der Waals surface area contributed by atoms with Crippen LogP contribution in [0.2, 0.25) is 0 Å². The highest BCUT2D eigenvalue weighted by Gasteiger charge is 2.14. The van der Waals surface area contributed by atoms with Gasteiger partial charge in [0.05, 0.1) is 0 Å². The summed E-state index contributed by atoms with van der Waals surface area (Å²) in [4.78, 5) is 4.31. The molecule has 1 aliphatic rings. The van der Waals surface area contributed by atoms with E-state index in [2.05, 4.69) is 27.4 Å². The van der Waals surface area contributed by atoms with Crippen LogP contribution in [0.15, 0.2) is 0 Å². The van der Waals surface area contributed by atoms with E-state index >= 15 is 0 Å². The topological polar surface area (TPSA) is 53.6 Å². The van der Waals surface area contributed by atoms with Crippen molar-refractivity contribution < 1.29 is 0 Å². The average Bonchev–Trinajstić information content (AvgIpc) is 2.86. The number of aromatic nitrogens is 3. The smallest absolute Gasteiger partial charge is 0.242 e. The number of H-pyrrole nitrogens is 1. The molecule has 1 saturated carbocycles. The van der Waals surface area contributed by atoms with E-state index < -0.39 is 0 Å². The summed E-state index contributed by atoms with van der Waals surface area (Å²) in [5.41, 5.74) is 0. The molecule has 0 radical (unpaired) electrons. The van der Waals surface area contributed by atoms with E-state index in [9.17, 15) is 0 Å². The molecule has 0 spiro atoms. The van der Waals surface area contributed by atoms with Crippen LogP contribution < -0.4 is 5.32 Å². The van der Waals surface area contributed by atoms with E-state index in [1.54, 1.807) is 0 Å². The fourth-order valence-electron chi connectivity index (χ4n) is 1.98. The van der Waals surface area contributed by atoms with Crippen molar-refractivity contribution in [3.63, 3.8) is 0 Å². The monoisotopic (exact) mass is 194 g/mol. The van der Waals surface area contributed by atoms with Gasteiger partial charge in [0, 0.05) is 13.0 Å². The maximum absolute atomic E-state index is 4.31. The molecule has 78 valence electrons. The highest BCUT2D eigenvalue weighted by molar-refractivity contribution is 5.22. The van der Waals surface area contributed by atoms with E-state index in [1.807, 2.05) is 0 Å². The van der Waals surface area contributed by atoms with Crippen molar-refractivity contribution in [3.8, 4) is 0 Å². The highest BCUT2D eigenvalue weighted by Crippen LogP contribution is 2.24. The van der Waals surface area contributed by atoms with Gasteiger partial charge < -0.3 is 5.32 Å². The molecule has 0 bridgehead atoms. The Bertz CT molecular complexity index is 275. The van der Waals surface area contributed by atoms with Gasteiger partial charge in [0.25, 0.3) is 0 Å². The first-order valence-electron chi connectivity index (χ1n) is 5.53. The van der Waals surface area contributed by atoms with E-state index in [4.69, 9.17) is 0 Å². The largest absolute Gasteiger partial charge is 0.353 e. The number of nitrogens with one attached hydrogen (secondary N) is 2. The zero-order valence-corrected chi connectivity index (χ0v) is 8.71. The van der Waals surface area contributed by atoms with Crippen molar-refractivity contribution in [1.82, 2.24) is 15.2 Å². The number of rotatable bonds is 4. The lowest BCUT2D eigenvalue weighted by molar-refractivity contribution is 0.578. The zero-order chi connectivity index (χ0) is 9.80. The maximum Gasteiger partial charge on any atom is 0.242 e. The molecule has 4 nitrogen and oxygen atoms in total. The van der Waals surface area contributed by atoms with Crippen LogP contribution in [0, 0.1) is 5.92 Å². The Morgan fingerprint density at radius 2 is 2.21 bits per heavy atom. The fourth-order valence-corrected chi connectivity index (χ4v) is 1.98. The van der Waals surface area contributed by atoms with Crippen LogP contribution in [-0.4, -0.2) is 21.7 Å². The Labute approximate surface area is 84.5 Å². The molecule has 1 heterocycles. The highest BCUT2D eigenvalue weighted by atomic mass is 15.3. The van der Waals surface area contributed by atoms with Gasteiger partial charge in [-0.25, -0.2) is 0 Å². The predicted molar refractivity (Wildman–Crippen MR) is 56.2 cm³/mol. The second kappa shape index (κ2) is 4.44. The third-order valence-electron chi connectivity index (χ3n) is 2.89. The molecule has 2 N–H and O–H groups in total. The molecular weight excluding hydrogens is 176 g/mol. The van der Waals surface area contributed by atoms with E-state index in [1.165, 1.54) is 25.7 Å². The Morgan fingerprint density at radius 1 is 1.43 bits per heavy atom. The van der Waals surface area contributed by atoms with Crippen LogP contribution in [0.3, 0.4) is 0 Å². The van der Waals surface area contributed by atoms with E-state index in [-0.39, 0.29) is 0 Å². The van der Waals surface area contributed by atoms with Crippen molar-refractivity contribution in [3.05, 3.63) is 5.82 Å². The van der Waals surface area contributed by atoms with Gasteiger partial charge in [0.2, 0.25) is 5.95 Å². The summed E-state index contributed by atoms with van der Waals surface area (Å²) in [5, 5.41) is 10.3. The summed E-state index contributed by atoms with van der Waals surface area (Å²) in [6.07, 6.45) is 6.41. The van der Waals surface area contributed by atoms with Gasteiger partial charge in [0.15, 0.2) is 0 Å². The van der Waals surface area contributed by atoms with E-state index in [0.717, 1.165) is 30.7 Å². The molecule has 0 saturated heterocycles. The summed E-state index contributed by atoms with van der Waals surface area (Å²) in [6.45, 7) is 3.10. The molecule has 0 aliphatic heterocycles. The molecule has 2 rings (SSSR count). The Kier molecular flexibility index (Phi) is 3.01. The van der Waals surface area contributed by atoms with E-state index in [0.29, 0.717) is 0 Å². The lowest BCUT2D eigenvalue weighted by atomic mass is 10.1. The molecule has 1 aromatic heterocycles. The minimum absolute atomic E-state index is 0.758. The molecule has 0 aromatic carbocycles. The van der Waals surface area contributed by atoms with Crippen LogP contribution in [0.4, 0.5) is 5.95 Å². The van der Waals surface area contributed by atoms with Crippen molar-refractivity contribution in [2.24, 2.45) is 5.92 Å². The van der Waals surface area contributed by atoms with Gasteiger partial charge in [-0.2, -0.15) is 4.98 Å². The van der Waals surface area contributed by atoms with Crippen LogP contribution in [-0.2, 0) is 6.42 Å². The summed E-state index contributed by atoms with van der Waals surface area (Å²) in [6, 6.07) is 0. The summed E-state index contributed by atoms with van der Waals surface area (Å²) < 4.78 is 0. The van der Waals surface area contributed by atoms with Crippen molar-refractivity contribution in [1.29, 1.82) is 0 Å². The Hall–Kier alpha value is -1.06. The van der Waals surface area contributed by atoms with Gasteiger partial charge in [-0.1, -0.05) is 19.8 Å². The summed E-state index contributed by atoms with van der Waals surface area (Å²) >= 11 is 0. The van der Waals surface area contributed by atoms with Crippen LogP contribution in [0.25, 0.3) is 0 Å². The quantitative estimate of drug-likeness (QED) is 0.770. The predicted octanol–water partition coefficient (Wildman–Crippen LogP) is 1.97. The molecule has 1 aliphatic carbocycles. The molecule has 1 fully saturated rings. The lowest BCUT2D eigenvalue weighted by Gasteiger charge is -2.07. The molecule has 1 aromatic rings. The second-order valence-electron chi connectivity index (χ2n) is 3.99. The number of aromatic amines is 1. The van der Waals surface area contributed by atoms with Gasteiger partial charge in [-0.15, -0.1) is 5.10 Å². The minimum Gasteiger partial charge on any atom is -0.353 e. The Morgan fingerprint density at radius 3 is 2.86 bits per heavy atom. The normalized spacial score (nSPS) is 17.5. The second-order valence-corrected chi connectivity index (χ2v) is 3.99. The van der Waals surface area contributed by atoms with Crippen LogP contribution in [0.1, 0.15) is 38.4 Å². The van der Waals surface area contributed by atoms with Gasteiger partial charge in [0.1, 0.15) is 5.82 Å². The lowest BCUT2D eigenvalue weighted by Crippen LogP contribution is -2.11. The summed E-state index contributed by atoms with van der Waals surface area (Å²) in [5.74, 6) is 2.55. The molecule has 0 amide bonds. The first kappa shape index (κ1) is 9.49. The standard InChI is InChI=1S/C10H18N4/c1-2-9-12-10(14-13-9)11-7-8-5-3-4-6-8/h8H,2-7H2,1H3,(H2,11,12,13,14). The SMILES string of the molecule is CCc1nc(NCC2CCCC2)n[nH]1. The van der Waals surface area contributed by atoms with Crippen LogP contribution >= 0.6 is 0 Å². The van der Waals surface area contributed by atoms with Crippen molar-refractivity contribution in [2.75, 3.05) is 11.9 Å². The van der Waals surface area contributed by atoms with Gasteiger partial charge >= 0.3 is 0 Å². The molecule has 14 heavy (non-hydrogen) atoms. The summed E-state index contributed by atoms with van der Waals surface area (Å²) in [7, 11) is 0. The minimum atomic E-state index is 0.758.